The second kappa shape index (κ2) is 6.47. The lowest BCUT2D eigenvalue weighted by Crippen LogP contribution is -2.04. The summed E-state index contributed by atoms with van der Waals surface area (Å²) in [7, 11) is 1.88. The number of rotatable bonds is 5. The summed E-state index contributed by atoms with van der Waals surface area (Å²) in [6.07, 6.45) is 7.00. The fourth-order valence-electron chi connectivity index (χ4n) is 1.66. The van der Waals surface area contributed by atoms with Crippen LogP contribution in [0.4, 0.5) is 5.82 Å². The van der Waals surface area contributed by atoms with E-state index in [9.17, 15) is 0 Å². The Morgan fingerprint density at radius 3 is 2.74 bits per heavy atom. The van der Waals surface area contributed by atoms with Gasteiger partial charge in [0, 0.05) is 31.4 Å². The van der Waals surface area contributed by atoms with Crippen LogP contribution in [0.1, 0.15) is 24.7 Å². The van der Waals surface area contributed by atoms with Crippen LogP contribution in [-0.4, -0.2) is 27.0 Å². The topological polar surface area (TPSA) is 63.6 Å². The average Bonchev–Trinajstić information content (AvgIpc) is 2.43. The third kappa shape index (κ3) is 3.41. The zero-order valence-electron chi connectivity index (χ0n) is 11.3. The van der Waals surface area contributed by atoms with Crippen LogP contribution in [0.3, 0.4) is 0 Å². The van der Waals surface area contributed by atoms with Crippen molar-refractivity contribution in [1.82, 2.24) is 19.9 Å². The second-order valence-corrected chi connectivity index (χ2v) is 5.07. The molecule has 0 fully saturated rings. The molecule has 19 heavy (non-hydrogen) atoms. The van der Waals surface area contributed by atoms with Crippen LogP contribution < -0.4 is 5.32 Å². The van der Waals surface area contributed by atoms with E-state index in [2.05, 4.69) is 32.2 Å². The third-order valence-corrected chi connectivity index (χ3v) is 3.61. The van der Waals surface area contributed by atoms with E-state index in [0.29, 0.717) is 0 Å². The molecule has 2 rings (SSSR count). The molecule has 100 valence electrons. The summed E-state index contributed by atoms with van der Waals surface area (Å²) >= 11 is 1.52. The Bertz CT molecular complexity index is 544. The Morgan fingerprint density at radius 1 is 1.26 bits per heavy atom. The van der Waals surface area contributed by atoms with E-state index in [0.717, 1.165) is 40.1 Å². The molecular weight excluding hydrogens is 258 g/mol. The first kappa shape index (κ1) is 13.7. The molecule has 0 aliphatic heterocycles. The van der Waals surface area contributed by atoms with E-state index in [1.54, 1.807) is 18.6 Å². The summed E-state index contributed by atoms with van der Waals surface area (Å²) < 4.78 is 0. The van der Waals surface area contributed by atoms with Crippen molar-refractivity contribution in [1.29, 1.82) is 0 Å². The van der Waals surface area contributed by atoms with Gasteiger partial charge in [-0.1, -0.05) is 6.92 Å². The summed E-state index contributed by atoms with van der Waals surface area (Å²) in [5.74, 6) is 1.74. The largest absolute Gasteiger partial charge is 0.373 e. The number of aromatic nitrogens is 4. The molecule has 5 nitrogen and oxygen atoms in total. The van der Waals surface area contributed by atoms with Gasteiger partial charge in [0.2, 0.25) is 0 Å². The Balaban J connectivity index is 2.35. The lowest BCUT2D eigenvalue weighted by atomic mass is 10.3. The summed E-state index contributed by atoms with van der Waals surface area (Å²) in [6, 6.07) is 0. The highest BCUT2D eigenvalue weighted by molar-refractivity contribution is 7.99. The summed E-state index contributed by atoms with van der Waals surface area (Å²) in [5.41, 5.74) is 1.04. The van der Waals surface area contributed by atoms with Crippen LogP contribution in [0.25, 0.3) is 0 Å². The van der Waals surface area contributed by atoms with Crippen LogP contribution in [0.2, 0.25) is 0 Å². The predicted molar refractivity (Wildman–Crippen MR) is 76.5 cm³/mol. The molecule has 2 aromatic rings. The van der Waals surface area contributed by atoms with Gasteiger partial charge in [0.25, 0.3) is 0 Å². The van der Waals surface area contributed by atoms with Crippen molar-refractivity contribution in [3.05, 3.63) is 30.0 Å². The number of aryl methyl sites for hydroxylation is 1. The highest BCUT2D eigenvalue weighted by Crippen LogP contribution is 2.29. The third-order valence-electron chi connectivity index (χ3n) is 2.60. The minimum Gasteiger partial charge on any atom is -0.373 e. The van der Waals surface area contributed by atoms with Crippen molar-refractivity contribution in [3.63, 3.8) is 0 Å². The van der Waals surface area contributed by atoms with Crippen LogP contribution in [0.5, 0.6) is 0 Å². The van der Waals surface area contributed by atoms with Crippen molar-refractivity contribution >= 4 is 17.6 Å². The monoisotopic (exact) mass is 275 g/mol. The van der Waals surface area contributed by atoms with E-state index in [4.69, 9.17) is 0 Å². The maximum Gasteiger partial charge on any atom is 0.133 e. The molecule has 0 aromatic carbocycles. The van der Waals surface area contributed by atoms with Crippen LogP contribution >= 0.6 is 11.8 Å². The summed E-state index contributed by atoms with van der Waals surface area (Å²) in [4.78, 5) is 17.5. The van der Waals surface area contributed by atoms with Gasteiger partial charge in [-0.05, 0) is 25.1 Å². The minimum atomic E-state index is 0.841. The number of nitrogens with zero attached hydrogens (tertiary/aromatic N) is 4. The molecule has 6 heteroatoms. The van der Waals surface area contributed by atoms with Crippen LogP contribution in [0, 0.1) is 6.92 Å². The van der Waals surface area contributed by atoms with Crippen LogP contribution in [-0.2, 0) is 6.42 Å². The highest BCUT2D eigenvalue weighted by Gasteiger charge is 2.11. The first-order chi connectivity index (χ1) is 9.24. The van der Waals surface area contributed by atoms with Crippen molar-refractivity contribution in [2.75, 3.05) is 12.4 Å². The molecule has 0 unspecified atom stereocenters. The fraction of sp³-hybridized carbons (Fsp3) is 0.385. The van der Waals surface area contributed by atoms with Gasteiger partial charge in [0.15, 0.2) is 0 Å². The van der Waals surface area contributed by atoms with E-state index < -0.39 is 0 Å². The van der Waals surface area contributed by atoms with E-state index >= 15 is 0 Å². The molecule has 0 bridgehead atoms. The fourth-order valence-corrected chi connectivity index (χ4v) is 2.48. The van der Waals surface area contributed by atoms with E-state index in [1.165, 1.54) is 11.8 Å². The Hall–Kier alpha value is -1.69. The van der Waals surface area contributed by atoms with Crippen LogP contribution in [0.15, 0.2) is 28.6 Å². The molecule has 0 aliphatic rings. The van der Waals surface area contributed by atoms with Gasteiger partial charge < -0.3 is 5.32 Å². The van der Waals surface area contributed by atoms with Gasteiger partial charge >= 0.3 is 0 Å². The van der Waals surface area contributed by atoms with Gasteiger partial charge in [-0.2, -0.15) is 0 Å². The zero-order chi connectivity index (χ0) is 13.7. The molecule has 0 amide bonds. The number of hydrogen-bond donors (Lipinski definition) is 1. The molecule has 0 aliphatic carbocycles. The number of hydrogen-bond acceptors (Lipinski definition) is 6. The van der Waals surface area contributed by atoms with Gasteiger partial charge in [0.1, 0.15) is 21.7 Å². The predicted octanol–water partition coefficient (Wildman–Crippen LogP) is 2.72. The molecule has 2 aromatic heterocycles. The molecule has 0 spiro atoms. The quantitative estimate of drug-likeness (QED) is 0.846. The maximum absolute atomic E-state index is 4.61. The molecule has 1 N–H and O–H groups in total. The average molecular weight is 275 g/mol. The maximum atomic E-state index is 4.61. The SMILES string of the molecule is CCCc1nc(NC)c(C)c(Sc2cnccn2)n1. The molecule has 0 atom stereocenters. The normalized spacial score (nSPS) is 10.5. The minimum absolute atomic E-state index is 0.841. The van der Waals surface area contributed by atoms with Crippen molar-refractivity contribution in [2.24, 2.45) is 0 Å². The lowest BCUT2D eigenvalue weighted by Gasteiger charge is -2.11. The zero-order valence-corrected chi connectivity index (χ0v) is 12.2. The van der Waals surface area contributed by atoms with E-state index in [-0.39, 0.29) is 0 Å². The van der Waals surface area contributed by atoms with Gasteiger partial charge in [-0.15, -0.1) is 0 Å². The Labute approximate surface area is 117 Å². The molecule has 0 saturated carbocycles. The molecular formula is C13H17N5S. The highest BCUT2D eigenvalue weighted by atomic mass is 32.2. The number of nitrogens with one attached hydrogen (secondary N) is 1. The first-order valence-corrected chi connectivity index (χ1v) is 7.05. The van der Waals surface area contributed by atoms with Gasteiger partial charge in [-0.3, -0.25) is 4.98 Å². The second-order valence-electron chi connectivity index (χ2n) is 4.06. The molecule has 0 saturated heterocycles. The lowest BCUT2D eigenvalue weighted by molar-refractivity contribution is 0.803. The van der Waals surface area contributed by atoms with E-state index in [1.807, 2.05) is 14.0 Å². The van der Waals surface area contributed by atoms with Crippen molar-refractivity contribution in [3.8, 4) is 0 Å². The Morgan fingerprint density at radius 2 is 2.11 bits per heavy atom. The van der Waals surface area contributed by atoms with Gasteiger partial charge in [0.05, 0.1) is 6.20 Å². The molecule has 0 radical (unpaired) electrons. The number of anilines is 1. The van der Waals surface area contributed by atoms with Crippen molar-refractivity contribution < 1.29 is 0 Å². The Kier molecular flexibility index (Phi) is 4.68. The molecule has 2 heterocycles. The first-order valence-electron chi connectivity index (χ1n) is 6.23. The summed E-state index contributed by atoms with van der Waals surface area (Å²) in [5, 5.41) is 4.89. The summed E-state index contributed by atoms with van der Waals surface area (Å²) in [6.45, 7) is 4.14. The van der Waals surface area contributed by atoms with Gasteiger partial charge in [-0.25, -0.2) is 15.0 Å². The van der Waals surface area contributed by atoms with Crippen molar-refractivity contribution in [2.45, 2.75) is 36.7 Å². The standard InChI is InChI=1S/C13H17N5S/c1-4-5-10-17-12(14-3)9(2)13(18-10)19-11-8-15-6-7-16-11/h6-8H,4-5H2,1-3H3,(H,14,17,18). The smallest absolute Gasteiger partial charge is 0.133 e.